The molecule has 29 heavy (non-hydrogen) atoms. The fourth-order valence-corrected chi connectivity index (χ4v) is 2.91. The van der Waals surface area contributed by atoms with Crippen molar-refractivity contribution < 1.29 is 17.2 Å². The molecule has 0 spiro atoms. The first kappa shape index (κ1) is 20.0. The first-order chi connectivity index (χ1) is 13.7. The number of benzene rings is 2. The van der Waals surface area contributed by atoms with Crippen molar-refractivity contribution in [2.45, 2.75) is 0 Å². The molecular weight excluding hydrogens is 402 g/mol. The molecule has 0 saturated carbocycles. The van der Waals surface area contributed by atoms with Gasteiger partial charge < -0.3 is 10.6 Å². The van der Waals surface area contributed by atoms with E-state index in [0.717, 1.165) is 18.5 Å². The van der Waals surface area contributed by atoms with Crippen LogP contribution in [0.5, 0.6) is 0 Å². The van der Waals surface area contributed by atoms with Crippen molar-refractivity contribution in [3.05, 3.63) is 65.9 Å². The third-order valence-corrected chi connectivity index (χ3v) is 4.15. The van der Waals surface area contributed by atoms with E-state index in [1.807, 2.05) is 6.07 Å². The van der Waals surface area contributed by atoms with Crippen LogP contribution in [0.25, 0.3) is 0 Å². The van der Waals surface area contributed by atoms with Crippen molar-refractivity contribution in [3.63, 3.8) is 0 Å². The molecule has 0 saturated heterocycles. The summed E-state index contributed by atoms with van der Waals surface area (Å²) in [4.78, 5) is 7.72. The lowest BCUT2D eigenvalue weighted by molar-refractivity contribution is 0.607. The number of para-hydroxylation sites is 2. The van der Waals surface area contributed by atoms with E-state index in [-0.39, 0.29) is 34.4 Å². The molecule has 11 heteroatoms. The Morgan fingerprint density at radius 1 is 1.00 bits per heavy atom. The molecule has 3 aromatic rings. The second-order valence-electron chi connectivity index (χ2n) is 5.87. The van der Waals surface area contributed by atoms with E-state index in [1.165, 1.54) is 24.3 Å². The number of rotatable bonds is 6. The average Bonchev–Trinajstić information content (AvgIpc) is 2.66. The molecule has 0 aliphatic rings. The van der Waals surface area contributed by atoms with Crippen LogP contribution in [0, 0.1) is 23.0 Å². The lowest BCUT2D eigenvalue weighted by Crippen LogP contribution is -2.11. The predicted octanol–water partition coefficient (Wildman–Crippen LogP) is 3.49. The van der Waals surface area contributed by atoms with Gasteiger partial charge in [0.1, 0.15) is 5.82 Å². The van der Waals surface area contributed by atoms with Crippen molar-refractivity contribution >= 4 is 38.9 Å². The number of hydrogen-bond acceptors (Lipinski definition) is 7. The van der Waals surface area contributed by atoms with E-state index < -0.39 is 21.7 Å². The number of nitriles is 1. The van der Waals surface area contributed by atoms with Gasteiger partial charge in [-0.2, -0.15) is 10.2 Å². The van der Waals surface area contributed by atoms with Crippen LogP contribution in [0.1, 0.15) is 5.56 Å². The summed E-state index contributed by atoms with van der Waals surface area (Å²) in [5, 5.41) is 14.2. The Morgan fingerprint density at radius 2 is 1.72 bits per heavy atom. The monoisotopic (exact) mass is 416 g/mol. The lowest BCUT2D eigenvalue weighted by Gasteiger charge is -2.13. The number of aromatic nitrogens is 2. The third-order valence-electron chi connectivity index (χ3n) is 3.56. The summed E-state index contributed by atoms with van der Waals surface area (Å²) in [6.07, 6.45) is 1.86. The fraction of sp³-hybridized carbons (Fsp3) is 0.0556. The molecule has 0 aliphatic carbocycles. The summed E-state index contributed by atoms with van der Waals surface area (Å²) in [5.41, 5.74) is 0.602. The maximum Gasteiger partial charge on any atom is 0.229 e. The highest BCUT2D eigenvalue weighted by Gasteiger charge is 2.13. The minimum Gasteiger partial charge on any atom is -0.336 e. The normalized spacial score (nSPS) is 10.8. The highest BCUT2D eigenvalue weighted by Crippen LogP contribution is 2.27. The Bertz CT molecular complexity index is 1210. The van der Waals surface area contributed by atoms with Gasteiger partial charge in [0.15, 0.2) is 11.6 Å². The van der Waals surface area contributed by atoms with Crippen LogP contribution in [-0.4, -0.2) is 24.6 Å². The van der Waals surface area contributed by atoms with E-state index in [0.29, 0.717) is 0 Å². The highest BCUT2D eigenvalue weighted by atomic mass is 32.2. The molecule has 0 aliphatic heterocycles. The van der Waals surface area contributed by atoms with Crippen molar-refractivity contribution in [1.82, 2.24) is 9.97 Å². The molecule has 1 aromatic heterocycles. The molecular formula is C18H14F2N6O2S. The van der Waals surface area contributed by atoms with Gasteiger partial charge in [0.25, 0.3) is 0 Å². The molecule has 0 bridgehead atoms. The predicted molar refractivity (Wildman–Crippen MR) is 105 cm³/mol. The topological polar surface area (TPSA) is 120 Å². The van der Waals surface area contributed by atoms with Gasteiger partial charge >= 0.3 is 0 Å². The quantitative estimate of drug-likeness (QED) is 0.563. The number of anilines is 5. The second kappa shape index (κ2) is 8.07. The molecule has 0 fully saturated rings. The van der Waals surface area contributed by atoms with Crippen LogP contribution >= 0.6 is 0 Å². The molecule has 3 rings (SSSR count). The summed E-state index contributed by atoms with van der Waals surface area (Å²) in [6.45, 7) is 0. The summed E-state index contributed by atoms with van der Waals surface area (Å²) >= 11 is 0. The van der Waals surface area contributed by atoms with E-state index >= 15 is 0 Å². The maximum absolute atomic E-state index is 14.2. The van der Waals surface area contributed by atoms with E-state index in [2.05, 4.69) is 25.3 Å². The summed E-state index contributed by atoms with van der Waals surface area (Å²) < 4.78 is 53.5. The zero-order valence-electron chi connectivity index (χ0n) is 14.9. The van der Waals surface area contributed by atoms with Crippen LogP contribution in [-0.2, 0) is 10.0 Å². The number of halogens is 2. The Labute approximate surface area is 165 Å². The molecule has 0 amide bonds. The maximum atomic E-state index is 14.2. The van der Waals surface area contributed by atoms with Gasteiger partial charge in [0.05, 0.1) is 41.1 Å². The van der Waals surface area contributed by atoms with E-state index in [4.69, 9.17) is 5.26 Å². The minimum atomic E-state index is -3.56. The van der Waals surface area contributed by atoms with Gasteiger partial charge in [-0.15, -0.1) is 0 Å². The van der Waals surface area contributed by atoms with E-state index in [1.54, 1.807) is 12.1 Å². The Balaban J connectivity index is 1.91. The summed E-state index contributed by atoms with van der Waals surface area (Å²) in [6, 6.07) is 11.8. The zero-order chi connectivity index (χ0) is 21.0. The number of sulfonamides is 1. The highest BCUT2D eigenvalue weighted by molar-refractivity contribution is 7.92. The van der Waals surface area contributed by atoms with Crippen molar-refractivity contribution in [3.8, 4) is 6.07 Å². The molecule has 1 heterocycles. The minimum absolute atomic E-state index is 0.0549. The largest absolute Gasteiger partial charge is 0.336 e. The smallest absolute Gasteiger partial charge is 0.229 e. The van der Waals surface area contributed by atoms with Gasteiger partial charge in [-0.25, -0.2) is 22.2 Å². The summed E-state index contributed by atoms with van der Waals surface area (Å²) in [7, 11) is -3.56. The Morgan fingerprint density at radius 3 is 2.41 bits per heavy atom. The van der Waals surface area contributed by atoms with Crippen LogP contribution in [0.3, 0.4) is 0 Å². The first-order valence-electron chi connectivity index (χ1n) is 8.08. The molecule has 2 aromatic carbocycles. The van der Waals surface area contributed by atoms with Gasteiger partial charge in [-0.3, -0.25) is 4.72 Å². The Hall–Kier alpha value is -3.78. The van der Waals surface area contributed by atoms with Crippen LogP contribution in [0.4, 0.5) is 37.6 Å². The molecule has 0 atom stereocenters. The van der Waals surface area contributed by atoms with Crippen molar-refractivity contribution in [2.24, 2.45) is 0 Å². The Kier molecular flexibility index (Phi) is 5.56. The fourth-order valence-electron chi connectivity index (χ4n) is 2.33. The molecule has 0 unspecified atom stereocenters. The van der Waals surface area contributed by atoms with Crippen LogP contribution in [0.15, 0.2) is 48.7 Å². The van der Waals surface area contributed by atoms with Crippen LogP contribution in [0.2, 0.25) is 0 Å². The summed E-state index contributed by atoms with van der Waals surface area (Å²) in [5.74, 6) is -1.84. The molecule has 8 nitrogen and oxygen atoms in total. The SMILES string of the molecule is CS(=O)(=O)Nc1ccccc1Nc1nc(Nc2cc(C#N)ccc2F)ncc1F. The standard InChI is InChI=1S/C18H14F2N6O2S/c1-29(27,28)26-15-5-3-2-4-14(15)23-17-13(20)10-22-18(25-17)24-16-8-11(9-21)6-7-12(16)19/h2-8,10,26H,1H3,(H2,22,23,24,25). The third kappa shape index (κ3) is 5.14. The average molecular weight is 416 g/mol. The molecule has 0 radical (unpaired) electrons. The van der Waals surface area contributed by atoms with Crippen molar-refractivity contribution in [2.75, 3.05) is 21.6 Å². The number of nitrogens with zero attached hydrogens (tertiary/aromatic N) is 3. The zero-order valence-corrected chi connectivity index (χ0v) is 15.8. The lowest BCUT2D eigenvalue weighted by atomic mass is 10.2. The number of hydrogen-bond donors (Lipinski definition) is 3. The van der Waals surface area contributed by atoms with Crippen LogP contribution < -0.4 is 15.4 Å². The molecule has 3 N–H and O–H groups in total. The van der Waals surface area contributed by atoms with Gasteiger partial charge in [-0.1, -0.05) is 12.1 Å². The van der Waals surface area contributed by atoms with E-state index in [9.17, 15) is 17.2 Å². The first-order valence-corrected chi connectivity index (χ1v) is 9.97. The van der Waals surface area contributed by atoms with Gasteiger partial charge in [-0.05, 0) is 30.3 Å². The second-order valence-corrected chi connectivity index (χ2v) is 7.61. The molecule has 148 valence electrons. The van der Waals surface area contributed by atoms with Gasteiger partial charge in [0, 0.05) is 0 Å². The van der Waals surface area contributed by atoms with Gasteiger partial charge in [0.2, 0.25) is 16.0 Å². The number of nitrogens with one attached hydrogen (secondary N) is 3. The van der Waals surface area contributed by atoms with Crippen molar-refractivity contribution in [1.29, 1.82) is 5.26 Å².